The first-order chi connectivity index (χ1) is 10.3. The van der Waals surface area contributed by atoms with Crippen LogP contribution in [0.2, 0.25) is 0 Å². The highest BCUT2D eigenvalue weighted by Crippen LogP contribution is 2.30. The summed E-state index contributed by atoms with van der Waals surface area (Å²) in [6.45, 7) is 2.01. The highest BCUT2D eigenvalue weighted by atomic mass is 16.5. The standard InChI is InChI=1S/C19H16O2/c1-15-14-18(20-16-8-4-2-5-9-16)12-13-19(15)21-17-10-6-3-7-11-17/h2-14H,1H3. The third-order valence-corrected chi connectivity index (χ3v) is 3.10. The molecule has 0 saturated carbocycles. The molecular formula is C19H16O2. The lowest BCUT2D eigenvalue weighted by molar-refractivity contribution is 0.466. The van der Waals surface area contributed by atoms with Gasteiger partial charge in [0.1, 0.15) is 23.0 Å². The smallest absolute Gasteiger partial charge is 0.130 e. The Kier molecular flexibility index (Phi) is 3.88. The Balaban J connectivity index is 1.77. The fourth-order valence-corrected chi connectivity index (χ4v) is 2.04. The Labute approximate surface area is 124 Å². The quantitative estimate of drug-likeness (QED) is 0.619. The summed E-state index contributed by atoms with van der Waals surface area (Å²) in [7, 11) is 0. The van der Waals surface area contributed by atoms with Crippen molar-refractivity contribution in [2.45, 2.75) is 6.92 Å². The van der Waals surface area contributed by atoms with Gasteiger partial charge in [0, 0.05) is 0 Å². The number of benzene rings is 3. The molecule has 0 atom stereocenters. The molecule has 0 aliphatic heterocycles. The predicted molar refractivity (Wildman–Crippen MR) is 84.2 cm³/mol. The summed E-state index contributed by atoms with van der Waals surface area (Å²) in [5.41, 5.74) is 1.03. The fourth-order valence-electron chi connectivity index (χ4n) is 2.04. The van der Waals surface area contributed by atoms with Gasteiger partial charge in [0.2, 0.25) is 0 Å². The number of ether oxygens (including phenoxy) is 2. The molecule has 2 heteroatoms. The summed E-state index contributed by atoms with van der Waals surface area (Å²) in [6.07, 6.45) is 0. The van der Waals surface area contributed by atoms with Crippen LogP contribution in [-0.4, -0.2) is 0 Å². The second kappa shape index (κ2) is 6.14. The molecule has 0 bridgehead atoms. The van der Waals surface area contributed by atoms with E-state index in [9.17, 15) is 0 Å². The second-order valence-corrected chi connectivity index (χ2v) is 4.76. The van der Waals surface area contributed by atoms with Crippen molar-refractivity contribution < 1.29 is 9.47 Å². The molecule has 2 nitrogen and oxygen atoms in total. The monoisotopic (exact) mass is 276 g/mol. The number of hydrogen-bond donors (Lipinski definition) is 0. The first-order valence-electron chi connectivity index (χ1n) is 6.88. The van der Waals surface area contributed by atoms with Gasteiger partial charge in [-0.1, -0.05) is 36.4 Å². The van der Waals surface area contributed by atoms with Gasteiger partial charge in [-0.25, -0.2) is 0 Å². The number of rotatable bonds is 4. The Bertz CT molecular complexity index is 706. The van der Waals surface area contributed by atoms with Gasteiger partial charge in [0.25, 0.3) is 0 Å². The van der Waals surface area contributed by atoms with Gasteiger partial charge in [0.15, 0.2) is 0 Å². The average Bonchev–Trinajstić information content (AvgIpc) is 2.52. The molecule has 0 unspecified atom stereocenters. The van der Waals surface area contributed by atoms with Gasteiger partial charge in [-0.2, -0.15) is 0 Å². The summed E-state index contributed by atoms with van der Waals surface area (Å²) < 4.78 is 11.7. The lowest BCUT2D eigenvalue weighted by atomic mass is 10.2. The molecule has 0 radical (unpaired) electrons. The van der Waals surface area contributed by atoms with Crippen molar-refractivity contribution >= 4 is 0 Å². The van der Waals surface area contributed by atoms with Crippen molar-refractivity contribution in [1.29, 1.82) is 0 Å². The maximum atomic E-state index is 5.86. The zero-order chi connectivity index (χ0) is 14.5. The minimum atomic E-state index is 0.805. The molecule has 0 aromatic heterocycles. The highest BCUT2D eigenvalue weighted by Gasteiger charge is 2.04. The SMILES string of the molecule is Cc1cc(Oc2ccccc2)ccc1Oc1ccccc1. The van der Waals surface area contributed by atoms with Gasteiger partial charge in [0.05, 0.1) is 0 Å². The average molecular weight is 276 g/mol. The Morgan fingerprint density at radius 3 is 1.71 bits per heavy atom. The van der Waals surface area contributed by atoms with E-state index in [0.717, 1.165) is 28.6 Å². The Hall–Kier alpha value is -2.74. The zero-order valence-corrected chi connectivity index (χ0v) is 11.8. The van der Waals surface area contributed by atoms with E-state index in [2.05, 4.69) is 0 Å². The van der Waals surface area contributed by atoms with Crippen LogP contribution in [0.1, 0.15) is 5.56 Å². The van der Waals surface area contributed by atoms with Crippen LogP contribution in [0.15, 0.2) is 78.9 Å². The van der Waals surface area contributed by atoms with Crippen LogP contribution in [0, 0.1) is 6.92 Å². The van der Waals surface area contributed by atoms with Crippen molar-refractivity contribution in [3.05, 3.63) is 84.4 Å². The molecule has 21 heavy (non-hydrogen) atoms. The molecule has 0 fully saturated rings. The van der Waals surface area contributed by atoms with Crippen LogP contribution in [0.5, 0.6) is 23.0 Å². The molecule has 3 aromatic rings. The first kappa shape index (κ1) is 13.3. The van der Waals surface area contributed by atoms with Gasteiger partial charge in [-0.15, -0.1) is 0 Å². The molecule has 0 heterocycles. The normalized spacial score (nSPS) is 10.1. The van der Waals surface area contributed by atoms with Gasteiger partial charge in [-0.05, 0) is 55.0 Å². The largest absolute Gasteiger partial charge is 0.457 e. The summed E-state index contributed by atoms with van der Waals surface area (Å²) >= 11 is 0. The summed E-state index contributed by atoms with van der Waals surface area (Å²) in [5, 5.41) is 0. The van der Waals surface area contributed by atoms with Crippen molar-refractivity contribution in [2.75, 3.05) is 0 Å². The lowest BCUT2D eigenvalue weighted by Gasteiger charge is -2.11. The molecule has 0 saturated heterocycles. The molecule has 0 aliphatic carbocycles. The van der Waals surface area contributed by atoms with Crippen LogP contribution in [-0.2, 0) is 0 Å². The summed E-state index contributed by atoms with van der Waals surface area (Å²) in [5.74, 6) is 3.30. The van der Waals surface area contributed by atoms with Crippen molar-refractivity contribution in [2.24, 2.45) is 0 Å². The van der Waals surface area contributed by atoms with Crippen molar-refractivity contribution in [3.8, 4) is 23.0 Å². The van der Waals surface area contributed by atoms with E-state index in [1.165, 1.54) is 0 Å². The van der Waals surface area contributed by atoms with Crippen LogP contribution in [0.3, 0.4) is 0 Å². The van der Waals surface area contributed by atoms with Gasteiger partial charge in [-0.3, -0.25) is 0 Å². The van der Waals surface area contributed by atoms with E-state index >= 15 is 0 Å². The van der Waals surface area contributed by atoms with E-state index in [1.54, 1.807) is 0 Å². The van der Waals surface area contributed by atoms with Crippen LogP contribution in [0.25, 0.3) is 0 Å². The third-order valence-electron chi connectivity index (χ3n) is 3.10. The number of aryl methyl sites for hydroxylation is 1. The molecule has 3 aromatic carbocycles. The zero-order valence-electron chi connectivity index (χ0n) is 11.8. The molecule has 0 aliphatic rings. The Morgan fingerprint density at radius 1 is 0.571 bits per heavy atom. The second-order valence-electron chi connectivity index (χ2n) is 4.76. The van der Waals surface area contributed by atoms with Crippen LogP contribution < -0.4 is 9.47 Å². The number of hydrogen-bond acceptors (Lipinski definition) is 2. The number of para-hydroxylation sites is 2. The van der Waals surface area contributed by atoms with Crippen molar-refractivity contribution in [1.82, 2.24) is 0 Å². The minimum Gasteiger partial charge on any atom is -0.457 e. The summed E-state index contributed by atoms with van der Waals surface area (Å²) in [6, 6.07) is 25.3. The van der Waals surface area contributed by atoms with Gasteiger partial charge < -0.3 is 9.47 Å². The topological polar surface area (TPSA) is 18.5 Å². The molecule has 0 amide bonds. The van der Waals surface area contributed by atoms with E-state index in [1.807, 2.05) is 85.8 Å². The van der Waals surface area contributed by atoms with Gasteiger partial charge >= 0.3 is 0 Å². The molecule has 3 rings (SSSR count). The lowest BCUT2D eigenvalue weighted by Crippen LogP contribution is -1.89. The van der Waals surface area contributed by atoms with E-state index in [-0.39, 0.29) is 0 Å². The maximum absolute atomic E-state index is 5.86. The molecular weight excluding hydrogens is 260 g/mol. The highest BCUT2D eigenvalue weighted by molar-refractivity contribution is 5.43. The molecule has 0 N–H and O–H groups in total. The predicted octanol–water partition coefficient (Wildman–Crippen LogP) is 5.58. The fraction of sp³-hybridized carbons (Fsp3) is 0.0526. The maximum Gasteiger partial charge on any atom is 0.130 e. The minimum absolute atomic E-state index is 0.805. The van der Waals surface area contributed by atoms with E-state index in [4.69, 9.17) is 9.47 Å². The van der Waals surface area contributed by atoms with Crippen LogP contribution in [0.4, 0.5) is 0 Å². The van der Waals surface area contributed by atoms with E-state index in [0.29, 0.717) is 0 Å². The van der Waals surface area contributed by atoms with E-state index < -0.39 is 0 Å². The molecule has 0 spiro atoms. The Morgan fingerprint density at radius 2 is 1.14 bits per heavy atom. The van der Waals surface area contributed by atoms with Crippen molar-refractivity contribution in [3.63, 3.8) is 0 Å². The molecule has 104 valence electrons. The summed E-state index contributed by atoms with van der Waals surface area (Å²) in [4.78, 5) is 0. The first-order valence-corrected chi connectivity index (χ1v) is 6.88. The van der Waals surface area contributed by atoms with Crippen LogP contribution >= 0.6 is 0 Å². The third kappa shape index (κ3) is 3.42.